The monoisotopic (exact) mass is 346 g/mol. The molecule has 0 amide bonds. The van der Waals surface area contributed by atoms with Gasteiger partial charge in [-0.05, 0) is 6.92 Å². The van der Waals surface area contributed by atoms with Crippen molar-refractivity contribution < 1.29 is 133 Å². The minimum atomic E-state index is -2.97. The standard InChI is InChI=1S/C6H8O7.C4H8O2.3Na/c7-3(8)1-6(13,5(11)12)2-4(9)10;1-3-6-4(2)5;;;/h13H,1-2H2,(H,7,8)(H,9,10)(H,11,12);3H2,1-2H3;;;/q;;3*+1/p-3. The SMILES string of the molecule is CCOC(C)=O.O=C([O-])CC(O)(CC(=O)[O-])C(=O)[O-].[Na+].[Na+].[Na+]. The van der Waals surface area contributed by atoms with E-state index in [1.807, 2.05) is 0 Å². The molecule has 0 aromatic carbocycles. The first kappa shape index (κ1) is 34.2. The van der Waals surface area contributed by atoms with Gasteiger partial charge < -0.3 is 39.5 Å². The molecule has 0 radical (unpaired) electrons. The second-order valence-corrected chi connectivity index (χ2v) is 3.34. The van der Waals surface area contributed by atoms with Gasteiger partial charge in [-0.3, -0.25) is 4.79 Å². The van der Waals surface area contributed by atoms with Gasteiger partial charge in [-0.25, -0.2) is 0 Å². The van der Waals surface area contributed by atoms with Gasteiger partial charge in [0.25, 0.3) is 0 Å². The van der Waals surface area contributed by atoms with Gasteiger partial charge in [0.1, 0.15) is 5.60 Å². The zero-order valence-corrected chi connectivity index (χ0v) is 19.3. The van der Waals surface area contributed by atoms with Gasteiger partial charge >= 0.3 is 94.6 Å². The van der Waals surface area contributed by atoms with Crippen molar-refractivity contribution in [1.29, 1.82) is 0 Å². The van der Waals surface area contributed by atoms with Crippen LogP contribution in [0.3, 0.4) is 0 Å². The minimum absolute atomic E-state index is 0. The van der Waals surface area contributed by atoms with Crippen LogP contribution in [0, 0.1) is 0 Å². The Balaban J connectivity index is -0.0000000933. The Morgan fingerprint density at radius 2 is 1.27 bits per heavy atom. The molecule has 0 saturated carbocycles. The number of aliphatic carboxylic acids is 3. The molecule has 0 bridgehead atoms. The molecule has 12 heteroatoms. The van der Waals surface area contributed by atoms with E-state index in [0.717, 1.165) is 0 Å². The van der Waals surface area contributed by atoms with Crippen molar-refractivity contribution >= 4 is 23.9 Å². The molecule has 0 heterocycles. The van der Waals surface area contributed by atoms with E-state index in [0.29, 0.717) is 6.61 Å². The van der Waals surface area contributed by atoms with Gasteiger partial charge in [0.15, 0.2) is 0 Å². The summed E-state index contributed by atoms with van der Waals surface area (Å²) >= 11 is 0. The molecule has 22 heavy (non-hydrogen) atoms. The molecule has 0 spiro atoms. The second-order valence-electron chi connectivity index (χ2n) is 3.34. The van der Waals surface area contributed by atoms with Crippen molar-refractivity contribution in [3.05, 3.63) is 0 Å². The molecular formula is C10H13Na3O9. The molecule has 0 fully saturated rings. The van der Waals surface area contributed by atoms with E-state index in [-0.39, 0.29) is 94.6 Å². The molecule has 0 atom stereocenters. The Kier molecular flexibility index (Phi) is 28.3. The molecule has 0 aromatic rings. The maximum Gasteiger partial charge on any atom is 1.00 e. The first-order chi connectivity index (χ1) is 8.55. The summed E-state index contributed by atoms with van der Waals surface area (Å²) in [5.41, 5.74) is -2.97. The zero-order chi connectivity index (χ0) is 15.6. The van der Waals surface area contributed by atoms with Crippen molar-refractivity contribution in [2.24, 2.45) is 0 Å². The third kappa shape index (κ3) is 20.8. The van der Waals surface area contributed by atoms with Crippen molar-refractivity contribution in [3.8, 4) is 0 Å². The molecule has 0 saturated heterocycles. The summed E-state index contributed by atoms with van der Waals surface area (Å²) in [5.74, 6) is -6.20. The summed E-state index contributed by atoms with van der Waals surface area (Å²) in [4.78, 5) is 39.8. The summed E-state index contributed by atoms with van der Waals surface area (Å²) < 4.78 is 4.40. The van der Waals surface area contributed by atoms with Gasteiger partial charge in [0, 0.05) is 31.7 Å². The van der Waals surface area contributed by atoms with Gasteiger partial charge in [0.2, 0.25) is 0 Å². The molecule has 0 aliphatic heterocycles. The summed E-state index contributed by atoms with van der Waals surface area (Å²) in [6, 6.07) is 0. The van der Waals surface area contributed by atoms with E-state index in [1.54, 1.807) is 6.92 Å². The molecule has 0 unspecified atom stereocenters. The van der Waals surface area contributed by atoms with Crippen LogP contribution in [0.5, 0.6) is 0 Å². The Bertz CT molecular complexity index is 344. The molecule has 0 rings (SSSR count). The van der Waals surface area contributed by atoms with Crippen LogP contribution in [0.1, 0.15) is 26.7 Å². The van der Waals surface area contributed by atoms with Gasteiger partial charge in [-0.15, -0.1) is 0 Å². The van der Waals surface area contributed by atoms with Crippen LogP contribution in [0.25, 0.3) is 0 Å². The first-order valence-corrected chi connectivity index (χ1v) is 5.02. The zero-order valence-electron chi connectivity index (χ0n) is 13.3. The average molecular weight is 346 g/mol. The van der Waals surface area contributed by atoms with E-state index in [9.17, 15) is 34.5 Å². The number of carbonyl (C=O) groups excluding carboxylic acids is 4. The van der Waals surface area contributed by atoms with Crippen LogP contribution >= 0.6 is 0 Å². The van der Waals surface area contributed by atoms with Crippen molar-refractivity contribution in [3.63, 3.8) is 0 Å². The Morgan fingerprint density at radius 1 is 0.955 bits per heavy atom. The molecule has 1 N–H and O–H groups in total. The Labute approximate surface area is 193 Å². The van der Waals surface area contributed by atoms with E-state index >= 15 is 0 Å². The summed E-state index contributed by atoms with van der Waals surface area (Å²) in [5, 5.41) is 38.9. The van der Waals surface area contributed by atoms with Gasteiger partial charge in [-0.2, -0.15) is 0 Å². The van der Waals surface area contributed by atoms with Crippen molar-refractivity contribution in [2.45, 2.75) is 32.3 Å². The number of ether oxygens (including phenoxy) is 1. The normalized spacial score (nSPS) is 8.50. The first-order valence-electron chi connectivity index (χ1n) is 5.02. The Morgan fingerprint density at radius 3 is 1.36 bits per heavy atom. The molecular weight excluding hydrogens is 333 g/mol. The second kappa shape index (κ2) is 18.2. The smallest absolute Gasteiger partial charge is 0.550 e. The molecule has 0 aromatic heterocycles. The fraction of sp³-hybridized carbons (Fsp3) is 0.600. The number of hydrogen-bond acceptors (Lipinski definition) is 9. The number of carbonyl (C=O) groups is 4. The van der Waals surface area contributed by atoms with Crippen LogP contribution in [0.4, 0.5) is 0 Å². The predicted molar refractivity (Wildman–Crippen MR) is 51.5 cm³/mol. The van der Waals surface area contributed by atoms with E-state index in [4.69, 9.17) is 5.11 Å². The summed E-state index contributed by atoms with van der Waals surface area (Å²) in [6.45, 7) is 3.65. The quantitative estimate of drug-likeness (QED) is 0.363. The molecule has 0 aliphatic carbocycles. The van der Waals surface area contributed by atoms with Crippen LogP contribution in [-0.4, -0.2) is 41.2 Å². The number of aliphatic hydroxyl groups is 1. The number of rotatable bonds is 6. The number of hydrogen-bond donors (Lipinski definition) is 1. The van der Waals surface area contributed by atoms with Crippen LogP contribution in [0.15, 0.2) is 0 Å². The van der Waals surface area contributed by atoms with Gasteiger partial charge in [0.05, 0.1) is 12.6 Å². The fourth-order valence-electron chi connectivity index (χ4n) is 0.888. The molecule has 0 aliphatic rings. The topological polar surface area (TPSA) is 167 Å². The fourth-order valence-corrected chi connectivity index (χ4v) is 0.888. The van der Waals surface area contributed by atoms with E-state index in [2.05, 4.69) is 4.74 Å². The number of carboxylic acid groups (broad SMARTS) is 3. The van der Waals surface area contributed by atoms with E-state index in [1.165, 1.54) is 6.92 Å². The molecule has 9 nitrogen and oxygen atoms in total. The van der Waals surface area contributed by atoms with Gasteiger partial charge in [-0.1, -0.05) is 0 Å². The Hall–Kier alpha value is 0.840. The third-order valence-electron chi connectivity index (χ3n) is 1.60. The maximum absolute atomic E-state index is 10.1. The van der Waals surface area contributed by atoms with Crippen molar-refractivity contribution in [2.75, 3.05) is 6.61 Å². The number of esters is 1. The van der Waals surface area contributed by atoms with E-state index < -0.39 is 36.4 Å². The predicted octanol–water partition coefficient (Wildman–Crippen LogP) is -13.7. The van der Waals surface area contributed by atoms with Crippen molar-refractivity contribution in [1.82, 2.24) is 0 Å². The third-order valence-corrected chi connectivity index (χ3v) is 1.60. The minimum Gasteiger partial charge on any atom is -0.550 e. The number of carboxylic acids is 3. The summed E-state index contributed by atoms with van der Waals surface area (Å²) in [7, 11) is 0. The average Bonchev–Trinajstić information content (AvgIpc) is 2.14. The van der Waals surface area contributed by atoms with Crippen LogP contribution < -0.4 is 104 Å². The maximum atomic E-state index is 10.1. The van der Waals surface area contributed by atoms with Crippen LogP contribution in [-0.2, 0) is 23.9 Å². The van der Waals surface area contributed by atoms with Crippen LogP contribution in [0.2, 0.25) is 0 Å². The summed E-state index contributed by atoms with van der Waals surface area (Å²) in [6.07, 6.45) is -2.72. The largest absolute Gasteiger partial charge is 1.00 e. The molecule has 110 valence electrons.